The molecule has 0 aromatic heterocycles. The first-order chi connectivity index (χ1) is 13.9. The van der Waals surface area contributed by atoms with E-state index in [1.54, 1.807) is 6.07 Å². The molecule has 2 aliphatic carbocycles. The van der Waals surface area contributed by atoms with Crippen LogP contribution in [0.4, 0.5) is 17.6 Å². The third kappa shape index (κ3) is 4.36. The largest absolute Gasteiger partial charge is 0.247 e. The standard InChI is InChI=1S/C25H28F4/c1-15-23(27)13-20(14-24(15)28)22-11-8-19(12-25(22)29)18-4-2-16(3-5-18)17-6-9-21(26)10-7-17/h8,11-14,16-18,21H,2-7,9-10H2,1H3. The first-order valence-electron chi connectivity index (χ1n) is 10.8. The summed E-state index contributed by atoms with van der Waals surface area (Å²) < 4.78 is 55.9. The molecule has 2 aromatic rings. The van der Waals surface area contributed by atoms with Gasteiger partial charge in [0.25, 0.3) is 0 Å². The SMILES string of the molecule is Cc1c(F)cc(-c2ccc(C3CCC(C4CCC(F)CC4)CC3)cc2F)cc1F. The van der Waals surface area contributed by atoms with Gasteiger partial charge in [0.15, 0.2) is 0 Å². The Bertz CT molecular complexity index is 836. The molecule has 0 bridgehead atoms. The van der Waals surface area contributed by atoms with Crippen molar-refractivity contribution in [1.82, 2.24) is 0 Å². The van der Waals surface area contributed by atoms with E-state index in [1.165, 1.54) is 25.1 Å². The van der Waals surface area contributed by atoms with Crippen LogP contribution in [0.3, 0.4) is 0 Å². The number of hydrogen-bond donors (Lipinski definition) is 0. The fourth-order valence-corrected chi connectivity index (χ4v) is 5.29. The maximum absolute atomic E-state index is 14.8. The van der Waals surface area contributed by atoms with Gasteiger partial charge in [-0.25, -0.2) is 17.6 Å². The number of alkyl halides is 1. The van der Waals surface area contributed by atoms with Crippen molar-refractivity contribution in [3.8, 4) is 11.1 Å². The summed E-state index contributed by atoms with van der Waals surface area (Å²) in [5.74, 6) is -0.130. The highest BCUT2D eigenvalue weighted by Gasteiger charge is 2.31. The van der Waals surface area contributed by atoms with Gasteiger partial charge in [-0.1, -0.05) is 12.1 Å². The molecule has 0 radical (unpaired) electrons. The molecule has 0 aliphatic heterocycles. The van der Waals surface area contributed by atoms with Crippen LogP contribution >= 0.6 is 0 Å². The van der Waals surface area contributed by atoms with Crippen LogP contribution in [0.25, 0.3) is 11.1 Å². The van der Waals surface area contributed by atoms with E-state index in [9.17, 15) is 17.6 Å². The van der Waals surface area contributed by atoms with E-state index in [0.29, 0.717) is 30.6 Å². The van der Waals surface area contributed by atoms with E-state index in [4.69, 9.17) is 0 Å². The van der Waals surface area contributed by atoms with E-state index >= 15 is 0 Å². The zero-order chi connectivity index (χ0) is 20.5. The van der Waals surface area contributed by atoms with E-state index < -0.39 is 23.6 Å². The molecule has 2 aliphatic rings. The van der Waals surface area contributed by atoms with Crippen molar-refractivity contribution in [2.24, 2.45) is 11.8 Å². The third-order valence-corrected chi connectivity index (χ3v) is 7.20. The van der Waals surface area contributed by atoms with Gasteiger partial charge in [-0.2, -0.15) is 0 Å². The predicted molar refractivity (Wildman–Crippen MR) is 108 cm³/mol. The van der Waals surface area contributed by atoms with Gasteiger partial charge >= 0.3 is 0 Å². The second kappa shape index (κ2) is 8.49. The summed E-state index contributed by atoms with van der Waals surface area (Å²) in [7, 11) is 0. The normalized spacial score (nSPS) is 27.8. The Hall–Kier alpha value is -1.84. The Kier molecular flexibility index (Phi) is 5.98. The van der Waals surface area contributed by atoms with Crippen LogP contribution in [-0.2, 0) is 0 Å². The van der Waals surface area contributed by atoms with Gasteiger partial charge in [0.1, 0.15) is 23.6 Å². The van der Waals surface area contributed by atoms with Crippen molar-refractivity contribution in [2.75, 3.05) is 0 Å². The summed E-state index contributed by atoms with van der Waals surface area (Å²) in [5, 5.41) is 0. The van der Waals surface area contributed by atoms with Crippen LogP contribution < -0.4 is 0 Å². The molecule has 2 fully saturated rings. The summed E-state index contributed by atoms with van der Waals surface area (Å²) in [5.41, 5.74) is 1.36. The lowest BCUT2D eigenvalue weighted by Gasteiger charge is -2.36. The molecule has 0 atom stereocenters. The quantitative estimate of drug-likeness (QED) is 0.456. The second-order valence-corrected chi connectivity index (χ2v) is 8.93. The minimum atomic E-state index is -0.663. The van der Waals surface area contributed by atoms with Gasteiger partial charge < -0.3 is 0 Å². The highest BCUT2D eigenvalue weighted by molar-refractivity contribution is 5.65. The molecule has 2 saturated carbocycles. The van der Waals surface area contributed by atoms with Crippen LogP contribution in [0.1, 0.15) is 68.4 Å². The Morgan fingerprint density at radius 1 is 0.690 bits per heavy atom. The van der Waals surface area contributed by atoms with Crippen LogP contribution in [0.15, 0.2) is 30.3 Å². The van der Waals surface area contributed by atoms with Gasteiger partial charge in [-0.05, 0) is 105 Å². The van der Waals surface area contributed by atoms with Crippen molar-refractivity contribution in [2.45, 2.75) is 70.4 Å². The lowest BCUT2D eigenvalue weighted by Crippen LogP contribution is -2.25. The maximum Gasteiger partial charge on any atom is 0.131 e. The molecule has 156 valence electrons. The minimum Gasteiger partial charge on any atom is -0.247 e. The fourth-order valence-electron chi connectivity index (χ4n) is 5.29. The number of halogens is 4. The summed E-state index contributed by atoms with van der Waals surface area (Å²) in [6.07, 6.45) is 7.08. The smallest absolute Gasteiger partial charge is 0.131 e. The van der Waals surface area contributed by atoms with Crippen molar-refractivity contribution in [3.63, 3.8) is 0 Å². The average molecular weight is 404 g/mol. The molecule has 0 saturated heterocycles. The van der Waals surface area contributed by atoms with Crippen molar-refractivity contribution in [1.29, 1.82) is 0 Å². The monoisotopic (exact) mass is 404 g/mol. The molecule has 0 spiro atoms. The molecule has 0 heterocycles. The summed E-state index contributed by atoms with van der Waals surface area (Å²) in [4.78, 5) is 0. The van der Waals surface area contributed by atoms with Crippen LogP contribution in [0.2, 0.25) is 0 Å². The van der Waals surface area contributed by atoms with Gasteiger partial charge in [0, 0.05) is 11.1 Å². The molecule has 0 N–H and O–H groups in total. The van der Waals surface area contributed by atoms with Crippen LogP contribution in [0.5, 0.6) is 0 Å². The Labute approximate surface area is 170 Å². The number of benzene rings is 2. The zero-order valence-corrected chi connectivity index (χ0v) is 16.9. The highest BCUT2D eigenvalue weighted by Crippen LogP contribution is 2.43. The first kappa shape index (κ1) is 20.4. The molecule has 4 heteroatoms. The van der Waals surface area contributed by atoms with E-state index in [1.807, 2.05) is 6.07 Å². The van der Waals surface area contributed by atoms with Gasteiger partial charge in [0.2, 0.25) is 0 Å². The van der Waals surface area contributed by atoms with Crippen molar-refractivity contribution >= 4 is 0 Å². The number of hydrogen-bond acceptors (Lipinski definition) is 0. The van der Waals surface area contributed by atoms with E-state index in [-0.39, 0.29) is 16.7 Å². The van der Waals surface area contributed by atoms with Gasteiger partial charge in [-0.3, -0.25) is 0 Å². The van der Waals surface area contributed by atoms with E-state index in [0.717, 1.165) is 44.1 Å². The first-order valence-corrected chi connectivity index (χ1v) is 10.8. The van der Waals surface area contributed by atoms with Gasteiger partial charge in [0.05, 0.1) is 0 Å². The highest BCUT2D eigenvalue weighted by atomic mass is 19.1. The van der Waals surface area contributed by atoms with E-state index in [2.05, 4.69) is 0 Å². The summed E-state index contributed by atoms with van der Waals surface area (Å²) in [6.45, 7) is 1.37. The van der Waals surface area contributed by atoms with Crippen molar-refractivity contribution < 1.29 is 17.6 Å². The summed E-state index contributed by atoms with van der Waals surface area (Å²) in [6, 6.07) is 7.45. The number of rotatable bonds is 3. The van der Waals surface area contributed by atoms with Gasteiger partial charge in [-0.15, -0.1) is 0 Å². The molecule has 0 unspecified atom stereocenters. The van der Waals surface area contributed by atoms with Crippen LogP contribution in [0, 0.1) is 36.2 Å². The fraction of sp³-hybridized carbons (Fsp3) is 0.520. The van der Waals surface area contributed by atoms with Crippen molar-refractivity contribution in [3.05, 3.63) is 58.9 Å². The average Bonchev–Trinajstić information content (AvgIpc) is 2.72. The molecule has 29 heavy (non-hydrogen) atoms. The maximum atomic E-state index is 14.8. The second-order valence-electron chi connectivity index (χ2n) is 8.93. The molecule has 4 rings (SSSR count). The molecule has 0 amide bonds. The third-order valence-electron chi connectivity index (χ3n) is 7.20. The molecule has 2 aromatic carbocycles. The lowest BCUT2D eigenvalue weighted by molar-refractivity contribution is 0.138. The topological polar surface area (TPSA) is 0 Å². The Morgan fingerprint density at radius 3 is 1.79 bits per heavy atom. The Balaban J connectivity index is 1.44. The summed E-state index contributed by atoms with van der Waals surface area (Å²) >= 11 is 0. The molecule has 0 nitrogen and oxygen atoms in total. The minimum absolute atomic E-state index is 0.0532. The predicted octanol–water partition coefficient (Wildman–Crippen LogP) is 7.88. The van der Waals surface area contributed by atoms with Crippen LogP contribution in [-0.4, -0.2) is 6.17 Å². The zero-order valence-electron chi connectivity index (χ0n) is 16.9. The Morgan fingerprint density at radius 2 is 1.24 bits per heavy atom. The molecular weight excluding hydrogens is 376 g/mol. The molecular formula is C25H28F4. The lowest BCUT2D eigenvalue weighted by atomic mass is 9.69.